The van der Waals surface area contributed by atoms with Gasteiger partial charge in [-0.05, 0) is 29.8 Å². The van der Waals surface area contributed by atoms with Crippen molar-refractivity contribution in [1.82, 2.24) is 20.3 Å². The summed E-state index contributed by atoms with van der Waals surface area (Å²) in [4.78, 5) is 24.2. The summed E-state index contributed by atoms with van der Waals surface area (Å²) in [7, 11) is 0. The maximum Gasteiger partial charge on any atom is 0.254 e. The second-order valence-corrected chi connectivity index (χ2v) is 5.50. The van der Waals surface area contributed by atoms with Crippen LogP contribution in [-0.2, 0) is 6.54 Å². The first-order valence-electron chi connectivity index (χ1n) is 7.33. The van der Waals surface area contributed by atoms with Crippen LogP contribution in [0.1, 0.15) is 15.9 Å². The Labute approximate surface area is 148 Å². The summed E-state index contributed by atoms with van der Waals surface area (Å²) in [5.41, 5.74) is 1.76. The Bertz CT molecular complexity index is 874. The van der Waals surface area contributed by atoms with Crippen LogP contribution < -0.4 is 10.6 Å². The number of hydrogen-bond donors (Lipinski definition) is 2. The number of amides is 1. The summed E-state index contributed by atoms with van der Waals surface area (Å²) >= 11 is 5.72. The van der Waals surface area contributed by atoms with E-state index >= 15 is 0 Å². The molecular formula is C17H13ClFN5O. The third-order valence-electron chi connectivity index (χ3n) is 3.27. The van der Waals surface area contributed by atoms with Crippen molar-refractivity contribution in [3.05, 3.63) is 77.1 Å². The van der Waals surface area contributed by atoms with E-state index in [2.05, 4.69) is 25.6 Å². The lowest BCUT2D eigenvalue weighted by Crippen LogP contribution is -2.23. The van der Waals surface area contributed by atoms with Crippen molar-refractivity contribution < 1.29 is 9.18 Å². The lowest BCUT2D eigenvalue weighted by molar-refractivity contribution is 0.0950. The molecule has 3 aromatic rings. The molecule has 6 nitrogen and oxygen atoms in total. The molecule has 2 N–H and O–H groups in total. The third kappa shape index (κ3) is 4.48. The van der Waals surface area contributed by atoms with Gasteiger partial charge < -0.3 is 10.6 Å². The highest BCUT2D eigenvalue weighted by atomic mass is 35.5. The number of anilines is 2. The average molecular weight is 358 g/mol. The third-order valence-corrected chi connectivity index (χ3v) is 3.56. The first kappa shape index (κ1) is 16.8. The topological polar surface area (TPSA) is 79.8 Å². The molecule has 1 amide bonds. The van der Waals surface area contributed by atoms with Crippen LogP contribution in [-0.4, -0.2) is 20.9 Å². The average Bonchev–Trinajstić information content (AvgIpc) is 2.64. The molecule has 25 heavy (non-hydrogen) atoms. The smallest absolute Gasteiger partial charge is 0.254 e. The van der Waals surface area contributed by atoms with Crippen LogP contribution in [0.25, 0.3) is 0 Å². The molecule has 0 saturated carbocycles. The monoisotopic (exact) mass is 357 g/mol. The van der Waals surface area contributed by atoms with Gasteiger partial charge in [-0.3, -0.25) is 9.78 Å². The van der Waals surface area contributed by atoms with Gasteiger partial charge in [-0.15, -0.1) is 0 Å². The van der Waals surface area contributed by atoms with Crippen LogP contribution in [0.5, 0.6) is 0 Å². The van der Waals surface area contributed by atoms with E-state index in [0.29, 0.717) is 17.8 Å². The van der Waals surface area contributed by atoms with Gasteiger partial charge in [0.1, 0.15) is 5.82 Å². The summed E-state index contributed by atoms with van der Waals surface area (Å²) in [5, 5.41) is 5.64. The molecule has 0 unspecified atom stereocenters. The SMILES string of the molecule is O=C(NCc1cccnc1)c1cnc(Nc2ccc(F)c(Cl)c2)nc1. The number of nitrogens with zero attached hydrogens (tertiary/aromatic N) is 3. The Hall–Kier alpha value is -3.06. The minimum absolute atomic E-state index is 0.00333. The zero-order valence-corrected chi connectivity index (χ0v) is 13.7. The van der Waals surface area contributed by atoms with Gasteiger partial charge in [0.05, 0.1) is 10.6 Å². The zero-order chi connectivity index (χ0) is 17.6. The van der Waals surface area contributed by atoms with E-state index in [4.69, 9.17) is 11.6 Å². The number of carbonyl (C=O) groups is 1. The first-order valence-corrected chi connectivity index (χ1v) is 7.71. The molecule has 0 saturated heterocycles. The molecule has 3 rings (SSSR count). The van der Waals surface area contributed by atoms with Crippen molar-refractivity contribution in [1.29, 1.82) is 0 Å². The number of carbonyl (C=O) groups excluding carboxylic acids is 1. The Morgan fingerprint density at radius 3 is 2.64 bits per heavy atom. The van der Waals surface area contributed by atoms with Gasteiger partial charge in [-0.2, -0.15) is 0 Å². The van der Waals surface area contributed by atoms with Crippen LogP contribution in [0, 0.1) is 5.82 Å². The van der Waals surface area contributed by atoms with E-state index in [1.807, 2.05) is 6.07 Å². The second kappa shape index (κ2) is 7.67. The number of pyridine rings is 1. The van der Waals surface area contributed by atoms with Crippen molar-refractivity contribution >= 4 is 29.1 Å². The summed E-state index contributed by atoms with van der Waals surface area (Å²) in [6.07, 6.45) is 6.15. The minimum Gasteiger partial charge on any atom is -0.348 e. The van der Waals surface area contributed by atoms with Crippen molar-refractivity contribution in [2.45, 2.75) is 6.54 Å². The molecule has 0 bridgehead atoms. The number of rotatable bonds is 5. The van der Waals surface area contributed by atoms with Gasteiger partial charge in [0, 0.05) is 37.0 Å². The molecule has 0 fully saturated rings. The largest absolute Gasteiger partial charge is 0.348 e. The molecule has 0 aliphatic heterocycles. The Balaban J connectivity index is 1.61. The van der Waals surface area contributed by atoms with Crippen molar-refractivity contribution in [3.63, 3.8) is 0 Å². The number of hydrogen-bond acceptors (Lipinski definition) is 5. The fourth-order valence-corrected chi connectivity index (χ4v) is 2.18. The molecule has 0 radical (unpaired) electrons. The summed E-state index contributed by atoms with van der Waals surface area (Å²) in [6, 6.07) is 7.84. The van der Waals surface area contributed by atoms with E-state index in [0.717, 1.165) is 5.56 Å². The molecule has 0 atom stereocenters. The highest BCUT2D eigenvalue weighted by Gasteiger charge is 2.08. The standard InChI is InChI=1S/C17H13ClFN5O/c18-14-6-13(3-4-15(14)19)24-17-22-9-12(10-23-17)16(25)21-8-11-2-1-5-20-7-11/h1-7,9-10H,8H2,(H,21,25)(H,22,23,24). The number of aromatic nitrogens is 3. The normalized spacial score (nSPS) is 10.3. The second-order valence-electron chi connectivity index (χ2n) is 5.09. The van der Waals surface area contributed by atoms with Crippen LogP contribution in [0.2, 0.25) is 5.02 Å². The van der Waals surface area contributed by atoms with Crippen LogP contribution in [0.15, 0.2) is 55.1 Å². The van der Waals surface area contributed by atoms with Gasteiger partial charge in [0.25, 0.3) is 5.91 Å². The zero-order valence-electron chi connectivity index (χ0n) is 12.9. The van der Waals surface area contributed by atoms with Gasteiger partial charge in [0.15, 0.2) is 0 Å². The molecular weight excluding hydrogens is 345 g/mol. The van der Waals surface area contributed by atoms with Crippen LogP contribution in [0.4, 0.5) is 16.0 Å². The highest BCUT2D eigenvalue weighted by Crippen LogP contribution is 2.21. The summed E-state index contributed by atoms with van der Waals surface area (Å²) in [6.45, 7) is 0.362. The molecule has 0 aliphatic rings. The Morgan fingerprint density at radius 2 is 1.96 bits per heavy atom. The molecule has 2 aromatic heterocycles. The maximum atomic E-state index is 13.1. The number of benzene rings is 1. The molecule has 126 valence electrons. The van der Waals surface area contributed by atoms with E-state index in [1.54, 1.807) is 18.5 Å². The minimum atomic E-state index is -0.506. The maximum absolute atomic E-state index is 13.1. The van der Waals surface area contributed by atoms with Crippen molar-refractivity contribution in [2.24, 2.45) is 0 Å². The fourth-order valence-electron chi connectivity index (χ4n) is 2.00. The summed E-state index contributed by atoms with van der Waals surface area (Å²) < 4.78 is 13.1. The van der Waals surface area contributed by atoms with Crippen molar-refractivity contribution in [2.75, 3.05) is 5.32 Å². The van der Waals surface area contributed by atoms with E-state index < -0.39 is 5.82 Å². The predicted octanol–water partition coefficient (Wildman–Crippen LogP) is 3.34. The Morgan fingerprint density at radius 1 is 1.16 bits per heavy atom. The van der Waals surface area contributed by atoms with Crippen molar-refractivity contribution in [3.8, 4) is 0 Å². The fraction of sp³-hybridized carbons (Fsp3) is 0.0588. The molecule has 2 heterocycles. The van der Waals surface area contributed by atoms with E-state index in [9.17, 15) is 9.18 Å². The molecule has 0 aliphatic carbocycles. The molecule has 8 heteroatoms. The van der Waals surface area contributed by atoms with E-state index in [-0.39, 0.29) is 16.9 Å². The van der Waals surface area contributed by atoms with Gasteiger partial charge >= 0.3 is 0 Å². The van der Waals surface area contributed by atoms with Gasteiger partial charge in [-0.25, -0.2) is 14.4 Å². The van der Waals surface area contributed by atoms with Gasteiger partial charge in [0.2, 0.25) is 5.95 Å². The lowest BCUT2D eigenvalue weighted by atomic mass is 10.2. The van der Waals surface area contributed by atoms with Crippen LogP contribution >= 0.6 is 11.6 Å². The number of nitrogens with one attached hydrogen (secondary N) is 2. The predicted molar refractivity (Wildman–Crippen MR) is 92.1 cm³/mol. The lowest BCUT2D eigenvalue weighted by Gasteiger charge is -2.07. The number of halogens is 2. The van der Waals surface area contributed by atoms with Gasteiger partial charge in [-0.1, -0.05) is 17.7 Å². The summed E-state index contributed by atoms with van der Waals surface area (Å²) in [5.74, 6) is -0.527. The first-order chi connectivity index (χ1) is 12.1. The van der Waals surface area contributed by atoms with E-state index in [1.165, 1.54) is 30.6 Å². The quantitative estimate of drug-likeness (QED) is 0.732. The molecule has 1 aromatic carbocycles. The Kier molecular flexibility index (Phi) is 5.15. The molecule has 0 spiro atoms. The highest BCUT2D eigenvalue weighted by molar-refractivity contribution is 6.31. The van der Waals surface area contributed by atoms with Crippen LogP contribution in [0.3, 0.4) is 0 Å².